The number of aryl methyl sites for hydroxylation is 1. The topological polar surface area (TPSA) is 112 Å². The molecule has 36 heavy (non-hydrogen) atoms. The first kappa shape index (κ1) is 25.5. The van der Waals surface area contributed by atoms with Gasteiger partial charge in [-0.05, 0) is 48.9 Å². The van der Waals surface area contributed by atoms with Gasteiger partial charge >= 0.3 is 0 Å². The minimum atomic E-state index is -3.96. The number of amides is 1. The number of aromatic amines is 1. The molecule has 0 spiro atoms. The number of nitrogens with one attached hydrogen (secondary N) is 2. The van der Waals surface area contributed by atoms with E-state index in [2.05, 4.69) is 31.2 Å². The van der Waals surface area contributed by atoms with E-state index in [-0.39, 0.29) is 17.0 Å². The zero-order chi connectivity index (χ0) is 25.7. The van der Waals surface area contributed by atoms with Crippen molar-refractivity contribution in [3.05, 3.63) is 111 Å². The van der Waals surface area contributed by atoms with Crippen LogP contribution in [0.25, 0.3) is 11.4 Å². The summed E-state index contributed by atoms with van der Waals surface area (Å²) < 4.78 is 28.7. The molecule has 0 aliphatic rings. The van der Waals surface area contributed by atoms with Crippen molar-refractivity contribution in [2.45, 2.75) is 18.4 Å². The van der Waals surface area contributed by atoms with Crippen LogP contribution in [-0.4, -0.2) is 35.1 Å². The minimum absolute atomic E-state index is 0.0289. The van der Waals surface area contributed by atoms with Crippen LogP contribution in [-0.2, 0) is 21.4 Å². The van der Waals surface area contributed by atoms with Crippen molar-refractivity contribution < 1.29 is 13.2 Å². The van der Waals surface area contributed by atoms with Crippen molar-refractivity contribution in [3.63, 3.8) is 0 Å². The van der Waals surface area contributed by atoms with Gasteiger partial charge in [0.2, 0.25) is 15.9 Å². The highest BCUT2D eigenvalue weighted by Crippen LogP contribution is 2.22. The molecule has 1 aromatic heterocycles. The Hall–Kier alpha value is -3.60. The van der Waals surface area contributed by atoms with E-state index in [0.717, 1.165) is 14.3 Å². The summed E-state index contributed by atoms with van der Waals surface area (Å²) in [5.41, 5.74) is 2.10. The highest BCUT2D eigenvalue weighted by atomic mass is 79.9. The van der Waals surface area contributed by atoms with Gasteiger partial charge in [-0.15, -0.1) is 0 Å². The summed E-state index contributed by atoms with van der Waals surface area (Å²) in [7, 11) is -3.96. The van der Waals surface area contributed by atoms with E-state index < -0.39 is 22.5 Å². The zero-order valence-electron chi connectivity index (χ0n) is 19.3. The number of carbonyl (C=O) groups excluding carboxylic acids is 1. The Labute approximate surface area is 217 Å². The standard InChI is InChI=1S/C26H23BrN4O4S/c1-18-14-24(32)30-26(28-18)20-8-5-9-22(15-20)29-25(33)17-31(16-19-6-3-2-4-7-19)36(34,35)23-12-10-21(27)11-13-23/h2-15H,16-17H2,1H3,(H,29,33)(H,28,30,32). The van der Waals surface area contributed by atoms with Crippen molar-refractivity contribution in [2.24, 2.45) is 0 Å². The number of H-pyrrole nitrogens is 1. The molecule has 0 radical (unpaired) electrons. The lowest BCUT2D eigenvalue weighted by molar-refractivity contribution is -0.116. The van der Waals surface area contributed by atoms with Gasteiger partial charge in [0.1, 0.15) is 5.82 Å². The number of rotatable bonds is 8. The van der Waals surface area contributed by atoms with E-state index in [9.17, 15) is 18.0 Å². The summed E-state index contributed by atoms with van der Waals surface area (Å²) in [5, 5.41) is 2.76. The molecule has 0 fully saturated rings. The highest BCUT2D eigenvalue weighted by Gasteiger charge is 2.27. The van der Waals surface area contributed by atoms with Crippen LogP contribution in [0, 0.1) is 6.92 Å². The lowest BCUT2D eigenvalue weighted by Crippen LogP contribution is -2.37. The van der Waals surface area contributed by atoms with Crippen molar-refractivity contribution in [3.8, 4) is 11.4 Å². The van der Waals surface area contributed by atoms with Gasteiger partial charge in [-0.3, -0.25) is 9.59 Å². The third-order valence-electron chi connectivity index (χ3n) is 5.26. The summed E-state index contributed by atoms with van der Waals surface area (Å²) in [4.78, 5) is 31.9. The Kier molecular flexibility index (Phi) is 7.78. The number of anilines is 1. The Balaban J connectivity index is 1.58. The Morgan fingerprint density at radius 2 is 1.72 bits per heavy atom. The first-order valence-electron chi connectivity index (χ1n) is 11.0. The van der Waals surface area contributed by atoms with E-state index in [0.29, 0.717) is 22.8 Å². The Morgan fingerprint density at radius 1 is 1.00 bits per heavy atom. The van der Waals surface area contributed by atoms with Gasteiger partial charge in [0, 0.05) is 34.0 Å². The number of aromatic nitrogens is 2. The number of nitrogens with zero attached hydrogens (tertiary/aromatic N) is 2. The molecule has 4 rings (SSSR count). The average Bonchev–Trinajstić information content (AvgIpc) is 2.84. The van der Waals surface area contributed by atoms with Gasteiger partial charge in [0.05, 0.1) is 11.4 Å². The first-order valence-corrected chi connectivity index (χ1v) is 13.2. The molecule has 0 saturated carbocycles. The number of benzene rings is 3. The zero-order valence-corrected chi connectivity index (χ0v) is 21.7. The van der Waals surface area contributed by atoms with Crippen molar-refractivity contribution in [2.75, 3.05) is 11.9 Å². The highest BCUT2D eigenvalue weighted by molar-refractivity contribution is 9.10. The van der Waals surface area contributed by atoms with Crippen LogP contribution >= 0.6 is 15.9 Å². The molecule has 4 aromatic rings. The molecule has 0 atom stereocenters. The molecule has 1 heterocycles. The van der Waals surface area contributed by atoms with Crippen LogP contribution < -0.4 is 10.9 Å². The van der Waals surface area contributed by atoms with Gasteiger partial charge < -0.3 is 10.3 Å². The number of halogens is 1. The predicted octanol–water partition coefficient (Wildman–Crippen LogP) is 4.34. The number of hydrogen-bond donors (Lipinski definition) is 2. The quantitative estimate of drug-likeness (QED) is 0.329. The third-order valence-corrected chi connectivity index (χ3v) is 7.60. The lowest BCUT2D eigenvalue weighted by atomic mass is 10.2. The maximum absolute atomic E-state index is 13.4. The molecule has 3 aromatic carbocycles. The average molecular weight is 567 g/mol. The van der Waals surface area contributed by atoms with Crippen LogP contribution in [0.2, 0.25) is 0 Å². The summed E-state index contributed by atoms with van der Waals surface area (Å²) in [6.07, 6.45) is 0. The number of carbonyl (C=O) groups is 1. The second kappa shape index (κ2) is 11.0. The lowest BCUT2D eigenvalue weighted by Gasteiger charge is -2.22. The van der Waals surface area contributed by atoms with Gasteiger partial charge in [-0.2, -0.15) is 4.31 Å². The monoisotopic (exact) mass is 566 g/mol. The van der Waals surface area contributed by atoms with Gasteiger partial charge in [0.15, 0.2) is 0 Å². The van der Waals surface area contributed by atoms with Crippen LogP contribution in [0.1, 0.15) is 11.3 Å². The minimum Gasteiger partial charge on any atom is -0.325 e. The molecule has 184 valence electrons. The molecule has 0 bridgehead atoms. The van der Waals surface area contributed by atoms with Gasteiger partial charge in [-0.25, -0.2) is 13.4 Å². The molecular weight excluding hydrogens is 544 g/mol. The fourth-order valence-electron chi connectivity index (χ4n) is 3.59. The van der Waals surface area contributed by atoms with E-state index in [1.807, 2.05) is 18.2 Å². The van der Waals surface area contributed by atoms with Gasteiger partial charge in [-0.1, -0.05) is 58.4 Å². The van der Waals surface area contributed by atoms with E-state index >= 15 is 0 Å². The Bertz CT molecular complexity index is 1540. The molecule has 2 N–H and O–H groups in total. The van der Waals surface area contributed by atoms with Crippen LogP contribution in [0.15, 0.2) is 99.1 Å². The van der Waals surface area contributed by atoms with E-state index in [1.165, 1.54) is 18.2 Å². The largest absolute Gasteiger partial charge is 0.325 e. The second-order valence-electron chi connectivity index (χ2n) is 8.08. The molecular formula is C26H23BrN4O4S. The fraction of sp³-hybridized carbons (Fsp3) is 0.115. The molecule has 0 saturated heterocycles. The van der Waals surface area contributed by atoms with Crippen molar-refractivity contribution in [1.82, 2.24) is 14.3 Å². The maximum atomic E-state index is 13.4. The number of sulfonamides is 1. The molecule has 10 heteroatoms. The van der Waals surface area contributed by atoms with Crippen molar-refractivity contribution >= 4 is 37.5 Å². The van der Waals surface area contributed by atoms with Crippen LogP contribution in [0.5, 0.6) is 0 Å². The SMILES string of the molecule is Cc1cc(=O)[nH]c(-c2cccc(NC(=O)CN(Cc3ccccc3)S(=O)(=O)c3ccc(Br)cc3)c2)n1. The normalized spacial score (nSPS) is 11.4. The molecule has 0 aliphatic heterocycles. The molecule has 1 amide bonds. The van der Waals surface area contributed by atoms with E-state index in [4.69, 9.17) is 0 Å². The predicted molar refractivity (Wildman–Crippen MR) is 142 cm³/mol. The summed E-state index contributed by atoms with van der Waals surface area (Å²) >= 11 is 3.31. The molecule has 0 aliphatic carbocycles. The van der Waals surface area contributed by atoms with Crippen LogP contribution in [0.3, 0.4) is 0 Å². The number of hydrogen-bond acceptors (Lipinski definition) is 5. The summed E-state index contributed by atoms with van der Waals surface area (Å²) in [6, 6.07) is 23.6. The first-order chi connectivity index (χ1) is 17.2. The van der Waals surface area contributed by atoms with E-state index in [1.54, 1.807) is 55.5 Å². The van der Waals surface area contributed by atoms with Crippen molar-refractivity contribution in [1.29, 1.82) is 0 Å². The summed E-state index contributed by atoms with van der Waals surface area (Å²) in [6.45, 7) is 1.36. The van der Waals surface area contributed by atoms with Gasteiger partial charge in [0.25, 0.3) is 5.56 Å². The smallest absolute Gasteiger partial charge is 0.251 e. The maximum Gasteiger partial charge on any atom is 0.251 e. The summed E-state index contributed by atoms with van der Waals surface area (Å²) in [5.74, 6) is -0.130. The molecule has 0 unspecified atom stereocenters. The second-order valence-corrected chi connectivity index (χ2v) is 10.9. The fourth-order valence-corrected chi connectivity index (χ4v) is 5.24. The Morgan fingerprint density at radius 3 is 2.42 bits per heavy atom. The van der Waals surface area contributed by atoms with Crippen LogP contribution in [0.4, 0.5) is 5.69 Å². The third kappa shape index (κ3) is 6.34. The molecule has 8 nitrogen and oxygen atoms in total.